The summed E-state index contributed by atoms with van der Waals surface area (Å²) in [6.07, 6.45) is -0.0358. The number of carbonyl (C=O) groups is 3. The zero-order chi connectivity index (χ0) is 20.3. The quantitative estimate of drug-likeness (QED) is 0.756. The van der Waals surface area contributed by atoms with Gasteiger partial charge in [-0.15, -0.1) is 0 Å². The second-order valence-corrected chi connectivity index (χ2v) is 7.98. The van der Waals surface area contributed by atoms with E-state index in [1.165, 1.54) is 17.8 Å². The summed E-state index contributed by atoms with van der Waals surface area (Å²) in [5.41, 5.74) is 1.14. The third-order valence-corrected chi connectivity index (χ3v) is 5.57. The smallest absolute Gasteiger partial charge is 0.262 e. The van der Waals surface area contributed by atoms with Crippen LogP contribution in [0.1, 0.15) is 22.3 Å². The molecule has 0 aliphatic carbocycles. The van der Waals surface area contributed by atoms with Gasteiger partial charge in [-0.05, 0) is 18.2 Å². The lowest BCUT2D eigenvalue weighted by Gasteiger charge is -2.13. The summed E-state index contributed by atoms with van der Waals surface area (Å²) in [4.78, 5) is 43.0. The van der Waals surface area contributed by atoms with Gasteiger partial charge in [0, 0.05) is 36.7 Å². The molecule has 0 radical (unpaired) electrons. The molecule has 1 aliphatic rings. The highest BCUT2D eigenvalue weighted by Gasteiger charge is 2.31. The molecule has 144 valence electrons. The summed E-state index contributed by atoms with van der Waals surface area (Å²) >= 11 is 7.31. The van der Waals surface area contributed by atoms with Gasteiger partial charge in [-0.1, -0.05) is 53.7 Å². The molecule has 1 heterocycles. The predicted octanol–water partition coefficient (Wildman–Crippen LogP) is 3.46. The van der Waals surface area contributed by atoms with Crippen molar-refractivity contribution >= 4 is 51.8 Å². The van der Waals surface area contributed by atoms with Crippen LogP contribution in [0.25, 0.3) is 0 Å². The molecule has 28 heavy (non-hydrogen) atoms. The summed E-state index contributed by atoms with van der Waals surface area (Å²) in [5.74, 6) is -0.950. The van der Waals surface area contributed by atoms with Gasteiger partial charge in [0.15, 0.2) is 11.0 Å². The van der Waals surface area contributed by atoms with Gasteiger partial charge in [0.25, 0.3) is 5.91 Å². The van der Waals surface area contributed by atoms with E-state index in [2.05, 4.69) is 10.3 Å². The van der Waals surface area contributed by atoms with Gasteiger partial charge in [-0.3, -0.25) is 14.4 Å². The molecule has 6 nitrogen and oxygen atoms in total. The molecule has 0 fully saturated rings. The van der Waals surface area contributed by atoms with Crippen molar-refractivity contribution in [2.24, 2.45) is 4.99 Å². The van der Waals surface area contributed by atoms with Gasteiger partial charge >= 0.3 is 0 Å². The first-order valence-corrected chi connectivity index (χ1v) is 9.76. The molecule has 0 saturated carbocycles. The molecule has 8 heteroatoms. The number of nitrogens with one attached hydrogen (secondary N) is 1. The number of benzene rings is 2. The zero-order valence-electron chi connectivity index (χ0n) is 15.3. The third kappa shape index (κ3) is 4.61. The van der Waals surface area contributed by atoms with Crippen LogP contribution in [-0.2, 0) is 9.59 Å². The summed E-state index contributed by atoms with van der Waals surface area (Å²) in [6.45, 7) is 0. The fourth-order valence-corrected chi connectivity index (χ4v) is 3.80. The fourth-order valence-electron chi connectivity index (χ4n) is 2.63. The number of aliphatic imine (C=N–C) groups is 1. The van der Waals surface area contributed by atoms with E-state index in [1.807, 2.05) is 6.07 Å². The molecule has 2 aromatic carbocycles. The van der Waals surface area contributed by atoms with E-state index in [1.54, 1.807) is 55.4 Å². The van der Waals surface area contributed by atoms with Crippen molar-refractivity contribution in [1.29, 1.82) is 0 Å². The van der Waals surface area contributed by atoms with Crippen LogP contribution in [0, 0.1) is 0 Å². The van der Waals surface area contributed by atoms with Crippen molar-refractivity contribution in [3.63, 3.8) is 0 Å². The number of nitrogens with zero attached hydrogens (tertiary/aromatic N) is 2. The van der Waals surface area contributed by atoms with Gasteiger partial charge in [0.05, 0.1) is 5.69 Å². The number of halogens is 1. The first kappa shape index (κ1) is 20.1. The van der Waals surface area contributed by atoms with Crippen molar-refractivity contribution in [3.05, 3.63) is 64.7 Å². The van der Waals surface area contributed by atoms with Crippen LogP contribution in [0.5, 0.6) is 0 Å². The standard InChI is InChI=1S/C20H18ClN3O3S/c1-24(2)20-23-19(27)16(28-20)11-17(25)22-15-9-8-13(21)10-14(15)18(26)12-6-4-3-5-7-12/h3-10,16H,11H2,1-2H3,(H,22,25). The maximum atomic E-state index is 12.8. The second-order valence-electron chi connectivity index (χ2n) is 6.37. The highest BCUT2D eigenvalue weighted by atomic mass is 35.5. The number of ketones is 1. The monoisotopic (exact) mass is 415 g/mol. The molecule has 2 aromatic rings. The van der Waals surface area contributed by atoms with Gasteiger partial charge in [-0.25, -0.2) is 0 Å². The van der Waals surface area contributed by atoms with E-state index in [9.17, 15) is 14.4 Å². The van der Waals surface area contributed by atoms with Gasteiger partial charge in [-0.2, -0.15) is 4.99 Å². The minimum absolute atomic E-state index is 0.0358. The van der Waals surface area contributed by atoms with E-state index >= 15 is 0 Å². The van der Waals surface area contributed by atoms with E-state index in [0.29, 0.717) is 27.0 Å². The van der Waals surface area contributed by atoms with Crippen molar-refractivity contribution < 1.29 is 14.4 Å². The average molecular weight is 416 g/mol. The van der Waals surface area contributed by atoms with Crippen molar-refractivity contribution in [1.82, 2.24) is 4.90 Å². The Hall–Kier alpha value is -2.64. The van der Waals surface area contributed by atoms with E-state index in [4.69, 9.17) is 11.6 Å². The van der Waals surface area contributed by atoms with Gasteiger partial charge in [0.1, 0.15) is 5.25 Å². The first-order valence-electron chi connectivity index (χ1n) is 8.51. The zero-order valence-corrected chi connectivity index (χ0v) is 16.9. The fraction of sp³-hybridized carbons (Fsp3) is 0.200. The summed E-state index contributed by atoms with van der Waals surface area (Å²) in [7, 11) is 3.58. The summed E-state index contributed by atoms with van der Waals surface area (Å²) in [5, 5.41) is 3.13. The Bertz CT molecular complexity index is 960. The highest BCUT2D eigenvalue weighted by molar-refractivity contribution is 8.15. The van der Waals surface area contributed by atoms with Crippen LogP contribution in [0.2, 0.25) is 5.02 Å². The molecular weight excluding hydrogens is 398 g/mol. The number of amides is 2. The molecule has 1 aliphatic heterocycles. The Morgan fingerprint density at radius 2 is 1.89 bits per heavy atom. The Morgan fingerprint density at radius 3 is 2.54 bits per heavy atom. The van der Waals surface area contributed by atoms with Gasteiger partial charge < -0.3 is 10.2 Å². The number of amidine groups is 1. The lowest BCUT2D eigenvalue weighted by molar-refractivity contribution is -0.121. The Balaban J connectivity index is 1.75. The van der Waals surface area contributed by atoms with E-state index in [0.717, 1.165) is 0 Å². The van der Waals surface area contributed by atoms with Crippen LogP contribution in [-0.4, -0.2) is 47.0 Å². The maximum Gasteiger partial charge on any atom is 0.262 e. The van der Waals surface area contributed by atoms with Crippen LogP contribution >= 0.6 is 23.4 Å². The Labute approximate surface area is 172 Å². The molecule has 0 aromatic heterocycles. The van der Waals surface area contributed by atoms with E-state index in [-0.39, 0.29) is 24.0 Å². The second kappa shape index (κ2) is 8.58. The molecule has 0 saturated heterocycles. The third-order valence-electron chi connectivity index (χ3n) is 4.02. The molecule has 0 spiro atoms. The lowest BCUT2D eigenvalue weighted by atomic mass is 10.0. The number of anilines is 1. The number of hydrogen-bond acceptors (Lipinski definition) is 5. The SMILES string of the molecule is CN(C)C1=NC(=O)C(CC(=O)Nc2ccc(Cl)cc2C(=O)c2ccccc2)S1. The number of thioether (sulfide) groups is 1. The lowest BCUT2D eigenvalue weighted by Crippen LogP contribution is -2.23. The van der Waals surface area contributed by atoms with Crippen molar-refractivity contribution in [3.8, 4) is 0 Å². The molecule has 1 atom stereocenters. The Morgan fingerprint density at radius 1 is 1.18 bits per heavy atom. The van der Waals surface area contributed by atoms with Crippen LogP contribution < -0.4 is 5.32 Å². The summed E-state index contributed by atoms with van der Waals surface area (Å²) < 4.78 is 0. The normalized spacial score (nSPS) is 15.9. The molecule has 3 rings (SSSR count). The maximum absolute atomic E-state index is 12.8. The first-order chi connectivity index (χ1) is 13.3. The van der Waals surface area contributed by atoms with Crippen molar-refractivity contribution in [2.45, 2.75) is 11.7 Å². The predicted molar refractivity (Wildman–Crippen MR) is 112 cm³/mol. The van der Waals surface area contributed by atoms with Crippen LogP contribution in [0.3, 0.4) is 0 Å². The van der Waals surface area contributed by atoms with Crippen LogP contribution in [0.4, 0.5) is 5.69 Å². The van der Waals surface area contributed by atoms with Crippen LogP contribution in [0.15, 0.2) is 53.5 Å². The molecule has 1 unspecified atom stereocenters. The molecule has 1 N–H and O–H groups in total. The minimum Gasteiger partial charge on any atom is -0.357 e. The Kier molecular flexibility index (Phi) is 6.16. The number of rotatable bonds is 5. The largest absolute Gasteiger partial charge is 0.357 e. The average Bonchev–Trinajstić information content (AvgIpc) is 3.04. The van der Waals surface area contributed by atoms with E-state index < -0.39 is 5.25 Å². The molecule has 0 bridgehead atoms. The minimum atomic E-state index is -0.571. The molecular formula is C20H18ClN3O3S. The number of carbonyl (C=O) groups excluding carboxylic acids is 3. The van der Waals surface area contributed by atoms with Gasteiger partial charge in [0.2, 0.25) is 5.91 Å². The number of hydrogen-bond donors (Lipinski definition) is 1. The highest BCUT2D eigenvalue weighted by Crippen LogP contribution is 2.28. The summed E-state index contributed by atoms with van der Waals surface area (Å²) in [6, 6.07) is 13.4. The molecule has 2 amide bonds. The topological polar surface area (TPSA) is 78.8 Å². The van der Waals surface area contributed by atoms with Crippen molar-refractivity contribution in [2.75, 3.05) is 19.4 Å².